The van der Waals surface area contributed by atoms with E-state index in [1.54, 1.807) is 39.0 Å². The zero-order valence-electron chi connectivity index (χ0n) is 12.7. The van der Waals surface area contributed by atoms with Crippen LogP contribution in [0.2, 0.25) is 0 Å². The molecule has 0 bridgehead atoms. The summed E-state index contributed by atoms with van der Waals surface area (Å²) in [6.45, 7) is 6.78. The maximum Gasteiger partial charge on any atom is 0.408 e. The van der Waals surface area contributed by atoms with E-state index in [0.717, 1.165) is 0 Å². The van der Waals surface area contributed by atoms with E-state index in [4.69, 9.17) is 4.74 Å². The summed E-state index contributed by atoms with van der Waals surface area (Å²) in [7, 11) is 0. The Morgan fingerprint density at radius 3 is 2.48 bits per heavy atom. The molecular weight excluding hydrogens is 275 g/mol. The van der Waals surface area contributed by atoms with Gasteiger partial charge in [-0.25, -0.2) is 9.18 Å². The molecule has 1 aromatic carbocycles. The van der Waals surface area contributed by atoms with Crippen LogP contribution < -0.4 is 10.6 Å². The van der Waals surface area contributed by atoms with Gasteiger partial charge in [-0.1, -0.05) is 18.2 Å². The molecule has 6 heteroatoms. The van der Waals surface area contributed by atoms with Crippen molar-refractivity contribution in [3.8, 4) is 0 Å². The smallest absolute Gasteiger partial charge is 0.408 e. The fourth-order valence-corrected chi connectivity index (χ4v) is 1.53. The van der Waals surface area contributed by atoms with Gasteiger partial charge in [-0.3, -0.25) is 4.79 Å². The molecule has 116 valence electrons. The van der Waals surface area contributed by atoms with Crippen LogP contribution in [0.3, 0.4) is 0 Å². The van der Waals surface area contributed by atoms with Crippen LogP contribution in [0.5, 0.6) is 0 Å². The van der Waals surface area contributed by atoms with Gasteiger partial charge in [0.25, 0.3) is 0 Å². The van der Waals surface area contributed by atoms with Crippen molar-refractivity contribution >= 4 is 12.0 Å². The summed E-state index contributed by atoms with van der Waals surface area (Å²) in [6, 6.07) is 5.40. The average Bonchev–Trinajstić information content (AvgIpc) is 2.34. The minimum Gasteiger partial charge on any atom is -0.444 e. The summed E-state index contributed by atoms with van der Waals surface area (Å²) < 4.78 is 18.4. The Kier molecular flexibility index (Phi) is 5.69. The number of ether oxygens (including phenoxy) is 1. The predicted octanol–water partition coefficient (Wildman–Crippen LogP) is 2.36. The van der Waals surface area contributed by atoms with E-state index in [1.807, 2.05) is 0 Å². The molecule has 21 heavy (non-hydrogen) atoms. The molecule has 0 radical (unpaired) electrons. The van der Waals surface area contributed by atoms with Gasteiger partial charge < -0.3 is 15.4 Å². The standard InChI is InChI=1S/C15H21FN2O3/c1-10(18-14(20)21-15(2,3)4)13(19)17-9-11-7-5-6-8-12(11)16/h5-8,10H,9H2,1-4H3,(H,17,19)(H,18,20)/t10-/m0/s1. The number of amides is 2. The zero-order chi connectivity index (χ0) is 16.0. The molecule has 5 nitrogen and oxygen atoms in total. The first kappa shape index (κ1) is 16.9. The molecule has 0 saturated heterocycles. The second kappa shape index (κ2) is 7.06. The lowest BCUT2D eigenvalue weighted by molar-refractivity contribution is -0.122. The number of halogens is 1. The minimum absolute atomic E-state index is 0.0614. The highest BCUT2D eigenvalue weighted by Crippen LogP contribution is 2.07. The van der Waals surface area contributed by atoms with Gasteiger partial charge in [-0.15, -0.1) is 0 Å². The largest absolute Gasteiger partial charge is 0.444 e. The zero-order valence-corrected chi connectivity index (χ0v) is 12.7. The maximum atomic E-state index is 13.4. The van der Waals surface area contributed by atoms with Crippen LogP contribution in [-0.2, 0) is 16.1 Å². The van der Waals surface area contributed by atoms with Crippen LogP contribution in [0.15, 0.2) is 24.3 Å². The van der Waals surface area contributed by atoms with E-state index in [-0.39, 0.29) is 12.4 Å². The Hall–Kier alpha value is -2.11. The van der Waals surface area contributed by atoms with Gasteiger partial charge in [0.2, 0.25) is 5.91 Å². The molecule has 0 unspecified atom stereocenters. The second-order valence-electron chi connectivity index (χ2n) is 5.68. The summed E-state index contributed by atoms with van der Waals surface area (Å²) >= 11 is 0. The third-order valence-corrected chi connectivity index (χ3v) is 2.54. The number of carbonyl (C=O) groups excluding carboxylic acids is 2. The Balaban J connectivity index is 2.45. The highest BCUT2D eigenvalue weighted by molar-refractivity contribution is 5.85. The molecule has 0 aliphatic heterocycles. The van der Waals surface area contributed by atoms with Crippen molar-refractivity contribution < 1.29 is 18.7 Å². The van der Waals surface area contributed by atoms with Gasteiger partial charge in [0.1, 0.15) is 17.5 Å². The van der Waals surface area contributed by atoms with Crippen molar-refractivity contribution in [3.63, 3.8) is 0 Å². The molecule has 0 heterocycles. The molecular formula is C15H21FN2O3. The van der Waals surface area contributed by atoms with Crippen LogP contribution in [0, 0.1) is 5.82 Å². The molecule has 2 amide bonds. The molecule has 0 saturated carbocycles. The van der Waals surface area contributed by atoms with E-state index < -0.39 is 23.6 Å². The van der Waals surface area contributed by atoms with Crippen LogP contribution in [0.4, 0.5) is 9.18 Å². The molecule has 0 aliphatic carbocycles. The number of hydrogen-bond acceptors (Lipinski definition) is 3. The van der Waals surface area contributed by atoms with E-state index in [1.165, 1.54) is 13.0 Å². The lowest BCUT2D eigenvalue weighted by Crippen LogP contribution is -2.46. The molecule has 0 fully saturated rings. The SMILES string of the molecule is C[C@H](NC(=O)OC(C)(C)C)C(=O)NCc1ccccc1F. The Morgan fingerprint density at radius 1 is 1.29 bits per heavy atom. The van der Waals surface area contributed by atoms with Crippen LogP contribution in [0.25, 0.3) is 0 Å². The van der Waals surface area contributed by atoms with Gasteiger partial charge >= 0.3 is 6.09 Å². The van der Waals surface area contributed by atoms with Gasteiger partial charge in [-0.2, -0.15) is 0 Å². The number of benzene rings is 1. The van der Waals surface area contributed by atoms with E-state index in [2.05, 4.69) is 10.6 Å². The van der Waals surface area contributed by atoms with Crippen molar-refractivity contribution in [2.24, 2.45) is 0 Å². The lowest BCUT2D eigenvalue weighted by Gasteiger charge is -2.21. The summed E-state index contributed by atoms with van der Waals surface area (Å²) in [5, 5.41) is 4.98. The summed E-state index contributed by atoms with van der Waals surface area (Å²) in [5.41, 5.74) is -0.247. The van der Waals surface area contributed by atoms with Gasteiger partial charge in [0, 0.05) is 12.1 Å². The molecule has 1 rings (SSSR count). The summed E-state index contributed by atoms with van der Waals surface area (Å²) in [6.07, 6.45) is -0.670. The van der Waals surface area contributed by atoms with Crippen LogP contribution >= 0.6 is 0 Å². The van der Waals surface area contributed by atoms with Crippen LogP contribution in [0.1, 0.15) is 33.3 Å². The molecule has 1 aromatic rings. The number of rotatable bonds is 4. The number of nitrogens with one attached hydrogen (secondary N) is 2. The Morgan fingerprint density at radius 2 is 1.90 bits per heavy atom. The second-order valence-corrected chi connectivity index (χ2v) is 5.68. The van der Waals surface area contributed by atoms with Gasteiger partial charge in [0.05, 0.1) is 0 Å². The first-order valence-corrected chi connectivity index (χ1v) is 6.69. The number of carbonyl (C=O) groups is 2. The molecule has 0 aromatic heterocycles. The highest BCUT2D eigenvalue weighted by Gasteiger charge is 2.20. The third kappa shape index (κ3) is 6.25. The summed E-state index contributed by atoms with van der Waals surface area (Å²) in [4.78, 5) is 23.4. The number of hydrogen-bond donors (Lipinski definition) is 2. The van der Waals surface area contributed by atoms with Crippen molar-refractivity contribution in [1.82, 2.24) is 10.6 Å². The average molecular weight is 296 g/mol. The van der Waals surface area contributed by atoms with Crippen molar-refractivity contribution in [1.29, 1.82) is 0 Å². The van der Waals surface area contributed by atoms with Crippen LogP contribution in [-0.4, -0.2) is 23.6 Å². The van der Waals surface area contributed by atoms with Crippen molar-refractivity contribution in [3.05, 3.63) is 35.6 Å². The van der Waals surface area contributed by atoms with E-state index >= 15 is 0 Å². The topological polar surface area (TPSA) is 67.4 Å². The Labute approximate surface area is 123 Å². The fraction of sp³-hybridized carbons (Fsp3) is 0.467. The number of alkyl carbamates (subject to hydrolysis) is 1. The van der Waals surface area contributed by atoms with Crippen molar-refractivity contribution in [2.45, 2.75) is 45.9 Å². The Bertz CT molecular complexity index is 512. The normalized spacial score (nSPS) is 12.4. The first-order chi connectivity index (χ1) is 9.69. The van der Waals surface area contributed by atoms with Crippen molar-refractivity contribution in [2.75, 3.05) is 0 Å². The molecule has 2 N–H and O–H groups in total. The monoisotopic (exact) mass is 296 g/mol. The van der Waals surface area contributed by atoms with Gasteiger partial charge in [-0.05, 0) is 33.8 Å². The lowest BCUT2D eigenvalue weighted by atomic mass is 10.2. The molecule has 0 aliphatic rings. The predicted molar refractivity (Wildman–Crippen MR) is 77.1 cm³/mol. The quantitative estimate of drug-likeness (QED) is 0.896. The van der Waals surface area contributed by atoms with Gasteiger partial charge in [0.15, 0.2) is 0 Å². The maximum absolute atomic E-state index is 13.4. The molecule has 1 atom stereocenters. The first-order valence-electron chi connectivity index (χ1n) is 6.69. The highest BCUT2D eigenvalue weighted by atomic mass is 19.1. The van der Waals surface area contributed by atoms with E-state index in [9.17, 15) is 14.0 Å². The molecule has 0 spiro atoms. The summed E-state index contributed by atoms with van der Waals surface area (Å²) in [5.74, 6) is -0.797. The third-order valence-electron chi connectivity index (χ3n) is 2.54. The minimum atomic E-state index is -0.772. The van der Waals surface area contributed by atoms with E-state index in [0.29, 0.717) is 5.56 Å². The fourth-order valence-electron chi connectivity index (χ4n) is 1.53.